The molecule has 1 saturated carbocycles. The first-order valence-corrected chi connectivity index (χ1v) is 11.4. The molecule has 3 fully saturated rings. The van der Waals surface area contributed by atoms with Crippen LogP contribution >= 0.6 is 0 Å². The van der Waals surface area contributed by atoms with E-state index < -0.39 is 0 Å². The highest BCUT2D eigenvalue weighted by molar-refractivity contribution is 5.94. The van der Waals surface area contributed by atoms with Gasteiger partial charge in [0.15, 0.2) is 0 Å². The van der Waals surface area contributed by atoms with Crippen molar-refractivity contribution in [2.24, 2.45) is 17.8 Å². The first kappa shape index (κ1) is 18.4. The third-order valence-electron chi connectivity index (χ3n) is 7.91. The standard InChI is InChI=1S/C24H29N3O3/c28-23(26-13-18-2-1-3-19(18)14-26)21-4-5-22-20-8-17(11-27(22)24(21)29)10-25(12-20)9-16-6-7-30-15-16/h4-7,15,17-20H,1-3,8-14H2/t17-,18-,19+,20+/m0/s1. The fourth-order valence-electron chi connectivity index (χ4n) is 6.55. The maximum absolute atomic E-state index is 13.3. The molecule has 1 amide bonds. The van der Waals surface area contributed by atoms with Crippen molar-refractivity contribution >= 4 is 5.91 Å². The monoisotopic (exact) mass is 407 g/mol. The van der Waals surface area contributed by atoms with E-state index in [1.165, 1.54) is 24.8 Å². The van der Waals surface area contributed by atoms with Crippen molar-refractivity contribution in [1.29, 1.82) is 0 Å². The number of carbonyl (C=O) groups is 1. The Morgan fingerprint density at radius 2 is 1.87 bits per heavy atom. The molecular formula is C24H29N3O3. The number of carbonyl (C=O) groups excluding carboxylic acids is 1. The van der Waals surface area contributed by atoms with Gasteiger partial charge in [-0.1, -0.05) is 6.42 Å². The first-order chi connectivity index (χ1) is 14.7. The van der Waals surface area contributed by atoms with Crippen LogP contribution in [0.15, 0.2) is 39.9 Å². The van der Waals surface area contributed by atoms with Crippen molar-refractivity contribution in [1.82, 2.24) is 14.4 Å². The van der Waals surface area contributed by atoms with Gasteiger partial charge >= 0.3 is 0 Å². The second kappa shape index (κ2) is 7.12. The normalized spacial score (nSPS) is 30.3. The second-order valence-corrected chi connectivity index (χ2v) is 9.87. The number of nitrogens with zero attached hydrogens (tertiary/aromatic N) is 3. The Bertz CT molecular complexity index is 999. The van der Waals surface area contributed by atoms with Gasteiger partial charge in [0.05, 0.1) is 12.5 Å². The van der Waals surface area contributed by atoms with Crippen LogP contribution in [0.25, 0.3) is 0 Å². The van der Waals surface area contributed by atoms with E-state index in [4.69, 9.17) is 4.42 Å². The lowest BCUT2D eigenvalue weighted by Crippen LogP contribution is -2.47. The summed E-state index contributed by atoms with van der Waals surface area (Å²) in [6, 6.07) is 5.88. The van der Waals surface area contributed by atoms with Gasteiger partial charge in [0, 0.05) is 56.4 Å². The zero-order valence-corrected chi connectivity index (χ0v) is 17.3. The Morgan fingerprint density at radius 1 is 1.03 bits per heavy atom. The van der Waals surface area contributed by atoms with Gasteiger partial charge in [-0.2, -0.15) is 0 Å². The minimum absolute atomic E-state index is 0.0537. The number of amides is 1. The summed E-state index contributed by atoms with van der Waals surface area (Å²) >= 11 is 0. The number of hydrogen-bond donors (Lipinski definition) is 0. The number of likely N-dealkylation sites (tertiary alicyclic amines) is 2. The Balaban J connectivity index is 1.23. The third kappa shape index (κ3) is 3.04. The molecule has 2 bridgehead atoms. The summed E-state index contributed by atoms with van der Waals surface area (Å²) in [4.78, 5) is 30.9. The lowest BCUT2D eigenvalue weighted by molar-refractivity contribution is 0.0775. The van der Waals surface area contributed by atoms with Crippen molar-refractivity contribution in [2.75, 3.05) is 26.2 Å². The van der Waals surface area contributed by atoms with Crippen LogP contribution in [0.4, 0.5) is 0 Å². The highest BCUT2D eigenvalue weighted by Crippen LogP contribution is 2.39. The molecule has 2 aromatic heterocycles. The van der Waals surface area contributed by atoms with E-state index in [1.807, 2.05) is 27.9 Å². The molecule has 3 aliphatic heterocycles. The van der Waals surface area contributed by atoms with E-state index in [9.17, 15) is 9.59 Å². The average Bonchev–Trinajstić information content (AvgIpc) is 3.46. The smallest absolute Gasteiger partial charge is 0.263 e. The molecule has 0 spiro atoms. The minimum atomic E-state index is -0.0763. The summed E-state index contributed by atoms with van der Waals surface area (Å²) in [7, 11) is 0. The molecule has 4 atom stereocenters. The topological polar surface area (TPSA) is 58.7 Å². The van der Waals surface area contributed by atoms with Crippen molar-refractivity contribution in [2.45, 2.75) is 44.7 Å². The van der Waals surface area contributed by atoms with Crippen LogP contribution < -0.4 is 5.56 Å². The van der Waals surface area contributed by atoms with E-state index in [-0.39, 0.29) is 11.5 Å². The zero-order chi connectivity index (χ0) is 20.2. The Hall–Kier alpha value is -2.34. The molecule has 5 heterocycles. The van der Waals surface area contributed by atoms with E-state index >= 15 is 0 Å². The average molecular weight is 408 g/mol. The molecule has 0 radical (unpaired) electrons. The quantitative estimate of drug-likeness (QED) is 0.785. The van der Waals surface area contributed by atoms with Crippen LogP contribution in [0.1, 0.15) is 53.2 Å². The summed E-state index contributed by atoms with van der Waals surface area (Å²) < 4.78 is 7.13. The lowest BCUT2D eigenvalue weighted by Gasteiger charge is -2.42. The largest absolute Gasteiger partial charge is 0.472 e. The van der Waals surface area contributed by atoms with Crippen molar-refractivity contribution < 1.29 is 9.21 Å². The van der Waals surface area contributed by atoms with Gasteiger partial charge < -0.3 is 13.9 Å². The third-order valence-corrected chi connectivity index (χ3v) is 7.91. The van der Waals surface area contributed by atoms with Crippen LogP contribution in [-0.2, 0) is 13.1 Å². The molecule has 6 nitrogen and oxygen atoms in total. The second-order valence-electron chi connectivity index (χ2n) is 9.87. The van der Waals surface area contributed by atoms with Gasteiger partial charge in [-0.25, -0.2) is 0 Å². The molecular weight excluding hydrogens is 378 g/mol. The predicted octanol–water partition coefficient (Wildman–Crippen LogP) is 2.93. The maximum atomic E-state index is 13.3. The lowest BCUT2D eigenvalue weighted by atomic mass is 9.83. The summed E-state index contributed by atoms with van der Waals surface area (Å²) in [5, 5.41) is 0. The number of pyridine rings is 1. The van der Waals surface area contributed by atoms with Gasteiger partial charge in [-0.05, 0) is 55.2 Å². The summed E-state index contributed by atoms with van der Waals surface area (Å²) in [5.41, 5.74) is 2.59. The van der Waals surface area contributed by atoms with Gasteiger partial charge in [-0.3, -0.25) is 14.5 Å². The van der Waals surface area contributed by atoms with Crippen LogP contribution in [0, 0.1) is 17.8 Å². The molecule has 158 valence electrons. The number of fused-ring (bicyclic) bond motifs is 5. The Morgan fingerprint density at radius 3 is 2.63 bits per heavy atom. The molecule has 6 heteroatoms. The van der Waals surface area contributed by atoms with Crippen LogP contribution in [0.2, 0.25) is 0 Å². The molecule has 0 aromatic carbocycles. The van der Waals surface area contributed by atoms with E-state index in [1.54, 1.807) is 12.3 Å². The fourth-order valence-corrected chi connectivity index (χ4v) is 6.55. The van der Waals surface area contributed by atoms with E-state index in [0.717, 1.165) is 51.4 Å². The fraction of sp³-hybridized carbons (Fsp3) is 0.583. The molecule has 2 saturated heterocycles. The Labute approximate surface area is 176 Å². The predicted molar refractivity (Wildman–Crippen MR) is 112 cm³/mol. The highest BCUT2D eigenvalue weighted by atomic mass is 16.3. The SMILES string of the molecule is O=C(c1ccc2n(c1=O)C[C@H]1C[C@@H]2CN(Cc2ccoc2)C1)N1C[C@H]2CCC[C@H]2C1. The molecule has 30 heavy (non-hydrogen) atoms. The number of aromatic nitrogens is 1. The van der Waals surface area contributed by atoms with Gasteiger partial charge in [0.25, 0.3) is 11.5 Å². The number of rotatable bonds is 3. The minimum Gasteiger partial charge on any atom is -0.472 e. The zero-order valence-electron chi connectivity index (χ0n) is 17.3. The van der Waals surface area contributed by atoms with Crippen LogP contribution in [0.3, 0.4) is 0 Å². The van der Waals surface area contributed by atoms with E-state index in [2.05, 4.69) is 4.90 Å². The van der Waals surface area contributed by atoms with Gasteiger partial charge in [0.1, 0.15) is 5.56 Å². The summed E-state index contributed by atoms with van der Waals surface area (Å²) in [6.07, 6.45) is 8.42. The highest BCUT2D eigenvalue weighted by Gasteiger charge is 2.40. The molecule has 2 aromatic rings. The van der Waals surface area contributed by atoms with Crippen LogP contribution in [-0.4, -0.2) is 46.5 Å². The van der Waals surface area contributed by atoms with Gasteiger partial charge in [0.2, 0.25) is 0 Å². The van der Waals surface area contributed by atoms with Crippen LogP contribution in [0.5, 0.6) is 0 Å². The summed E-state index contributed by atoms with van der Waals surface area (Å²) in [5.74, 6) is 2.05. The molecule has 4 aliphatic rings. The first-order valence-electron chi connectivity index (χ1n) is 11.4. The van der Waals surface area contributed by atoms with E-state index in [0.29, 0.717) is 29.2 Å². The number of piperidine rings is 1. The van der Waals surface area contributed by atoms with Crippen molar-refractivity contribution in [3.63, 3.8) is 0 Å². The molecule has 1 aliphatic carbocycles. The molecule has 6 rings (SSSR count). The maximum Gasteiger partial charge on any atom is 0.263 e. The van der Waals surface area contributed by atoms with Crippen molar-refractivity contribution in [3.8, 4) is 0 Å². The number of hydrogen-bond acceptors (Lipinski definition) is 4. The Kier molecular flexibility index (Phi) is 4.37. The number of furan rings is 1. The van der Waals surface area contributed by atoms with Gasteiger partial charge in [-0.15, -0.1) is 0 Å². The molecule has 0 unspecified atom stereocenters. The molecule has 0 N–H and O–H groups in total. The summed E-state index contributed by atoms with van der Waals surface area (Å²) in [6.45, 7) is 5.21. The van der Waals surface area contributed by atoms with Crippen molar-refractivity contribution in [3.05, 3.63) is 57.9 Å².